The molecule has 0 radical (unpaired) electrons. The van der Waals surface area contributed by atoms with Crippen LogP contribution >= 0.6 is 0 Å². The fourth-order valence-corrected chi connectivity index (χ4v) is 4.24. The summed E-state index contributed by atoms with van der Waals surface area (Å²) in [5, 5.41) is 0.678. The summed E-state index contributed by atoms with van der Waals surface area (Å²) < 4.78 is 0. The highest BCUT2D eigenvalue weighted by molar-refractivity contribution is 5.77. The minimum atomic E-state index is -0.0202. The first kappa shape index (κ1) is 13.9. The van der Waals surface area contributed by atoms with Crippen molar-refractivity contribution < 1.29 is 0 Å². The van der Waals surface area contributed by atoms with Crippen LogP contribution in [-0.4, -0.2) is 28.0 Å². The molecule has 4 rings (SSSR count). The SMILES string of the molecule is O=c1[nH]c(CN2CC[C@H]3CCCC[C@@H]3C2)nc2ccccc12. The Bertz CT molecular complexity index is 724. The normalized spacial score (nSPS) is 26.0. The van der Waals surface area contributed by atoms with Crippen LogP contribution in [0.5, 0.6) is 0 Å². The lowest BCUT2D eigenvalue weighted by Crippen LogP contribution is -2.41. The molecule has 1 saturated heterocycles. The monoisotopic (exact) mass is 297 g/mol. The van der Waals surface area contributed by atoms with E-state index in [1.54, 1.807) is 0 Å². The topological polar surface area (TPSA) is 49.0 Å². The van der Waals surface area contributed by atoms with Gasteiger partial charge in [-0.3, -0.25) is 9.69 Å². The van der Waals surface area contributed by atoms with Gasteiger partial charge in [0.25, 0.3) is 5.56 Å². The van der Waals surface area contributed by atoms with Crippen molar-refractivity contribution in [3.05, 3.63) is 40.4 Å². The molecule has 0 unspecified atom stereocenters. The summed E-state index contributed by atoms with van der Waals surface area (Å²) in [4.78, 5) is 22.2. The summed E-state index contributed by atoms with van der Waals surface area (Å²) >= 11 is 0. The van der Waals surface area contributed by atoms with Crippen LogP contribution < -0.4 is 5.56 Å². The Morgan fingerprint density at radius 2 is 1.95 bits per heavy atom. The number of benzene rings is 1. The number of nitrogens with zero attached hydrogens (tertiary/aromatic N) is 2. The van der Waals surface area contributed by atoms with Crippen LogP contribution in [0.1, 0.15) is 37.9 Å². The van der Waals surface area contributed by atoms with E-state index in [1.807, 2.05) is 24.3 Å². The van der Waals surface area contributed by atoms with E-state index >= 15 is 0 Å². The Morgan fingerprint density at radius 3 is 2.86 bits per heavy atom. The molecule has 2 fully saturated rings. The van der Waals surface area contributed by atoms with E-state index in [4.69, 9.17) is 0 Å². The van der Waals surface area contributed by atoms with Crippen molar-refractivity contribution in [1.29, 1.82) is 0 Å². The number of likely N-dealkylation sites (tertiary alicyclic amines) is 1. The van der Waals surface area contributed by atoms with Gasteiger partial charge in [-0.2, -0.15) is 0 Å². The summed E-state index contributed by atoms with van der Waals surface area (Å²) in [5.74, 6) is 2.60. The molecular weight excluding hydrogens is 274 g/mol. The second kappa shape index (κ2) is 5.84. The summed E-state index contributed by atoms with van der Waals surface area (Å²) in [7, 11) is 0. The highest BCUT2D eigenvalue weighted by Crippen LogP contribution is 2.36. The molecule has 2 heterocycles. The first-order valence-electron chi connectivity index (χ1n) is 8.50. The molecular formula is C18H23N3O. The van der Waals surface area contributed by atoms with E-state index in [-0.39, 0.29) is 5.56 Å². The van der Waals surface area contributed by atoms with Crippen LogP contribution in [0.25, 0.3) is 10.9 Å². The van der Waals surface area contributed by atoms with Crippen molar-refractivity contribution in [1.82, 2.24) is 14.9 Å². The van der Waals surface area contributed by atoms with E-state index in [1.165, 1.54) is 38.6 Å². The molecule has 1 N–H and O–H groups in total. The van der Waals surface area contributed by atoms with Crippen molar-refractivity contribution in [2.45, 2.75) is 38.6 Å². The van der Waals surface area contributed by atoms with Gasteiger partial charge in [0.1, 0.15) is 5.82 Å². The zero-order valence-corrected chi connectivity index (χ0v) is 12.9. The molecule has 2 atom stereocenters. The third kappa shape index (κ3) is 2.68. The third-order valence-electron chi connectivity index (χ3n) is 5.41. The largest absolute Gasteiger partial charge is 0.309 e. The number of hydrogen-bond donors (Lipinski definition) is 1. The van der Waals surface area contributed by atoms with Gasteiger partial charge in [0.15, 0.2) is 0 Å². The average Bonchev–Trinajstić information content (AvgIpc) is 2.55. The van der Waals surface area contributed by atoms with Gasteiger partial charge in [0.2, 0.25) is 0 Å². The second-order valence-corrected chi connectivity index (χ2v) is 6.86. The molecule has 0 spiro atoms. The van der Waals surface area contributed by atoms with Crippen LogP contribution in [0.15, 0.2) is 29.1 Å². The number of aromatic nitrogens is 2. The van der Waals surface area contributed by atoms with Gasteiger partial charge < -0.3 is 4.98 Å². The first-order valence-corrected chi connectivity index (χ1v) is 8.50. The zero-order valence-electron chi connectivity index (χ0n) is 12.9. The van der Waals surface area contributed by atoms with E-state index in [0.29, 0.717) is 5.39 Å². The number of rotatable bonds is 2. The lowest BCUT2D eigenvalue weighted by atomic mass is 9.75. The predicted molar refractivity (Wildman–Crippen MR) is 87.7 cm³/mol. The maximum Gasteiger partial charge on any atom is 0.258 e. The zero-order chi connectivity index (χ0) is 14.9. The van der Waals surface area contributed by atoms with Gasteiger partial charge in [-0.05, 0) is 43.4 Å². The van der Waals surface area contributed by atoms with Crippen molar-refractivity contribution in [3.8, 4) is 0 Å². The van der Waals surface area contributed by atoms with Gasteiger partial charge in [-0.15, -0.1) is 0 Å². The Hall–Kier alpha value is -1.68. The van der Waals surface area contributed by atoms with E-state index in [0.717, 1.165) is 36.3 Å². The molecule has 4 nitrogen and oxygen atoms in total. The first-order chi connectivity index (χ1) is 10.8. The highest BCUT2D eigenvalue weighted by atomic mass is 16.1. The van der Waals surface area contributed by atoms with E-state index in [2.05, 4.69) is 14.9 Å². The van der Waals surface area contributed by atoms with Crippen molar-refractivity contribution >= 4 is 10.9 Å². The van der Waals surface area contributed by atoms with Crippen molar-refractivity contribution in [3.63, 3.8) is 0 Å². The molecule has 1 aliphatic heterocycles. The Balaban J connectivity index is 1.52. The molecule has 0 bridgehead atoms. The minimum Gasteiger partial charge on any atom is -0.309 e. The Morgan fingerprint density at radius 1 is 1.14 bits per heavy atom. The second-order valence-electron chi connectivity index (χ2n) is 6.86. The molecule has 1 aromatic carbocycles. The van der Waals surface area contributed by atoms with E-state index < -0.39 is 0 Å². The van der Waals surface area contributed by atoms with Crippen LogP contribution in [0.4, 0.5) is 0 Å². The molecule has 1 aromatic heterocycles. The molecule has 2 aliphatic rings. The standard InChI is InChI=1S/C18H23N3O/c22-18-15-7-3-4-8-16(15)19-17(20-18)12-21-10-9-13-5-1-2-6-14(13)11-21/h3-4,7-8,13-14H,1-2,5-6,9-12H2,(H,19,20,22)/t13-,14-/m1/s1. The van der Waals surface area contributed by atoms with E-state index in [9.17, 15) is 4.79 Å². The number of para-hydroxylation sites is 1. The lowest BCUT2D eigenvalue weighted by molar-refractivity contribution is 0.0803. The Kier molecular flexibility index (Phi) is 3.70. The van der Waals surface area contributed by atoms with Crippen LogP contribution in [-0.2, 0) is 6.54 Å². The number of H-pyrrole nitrogens is 1. The summed E-state index contributed by atoms with van der Waals surface area (Å²) in [6.45, 7) is 3.07. The quantitative estimate of drug-likeness (QED) is 0.927. The molecule has 1 saturated carbocycles. The number of hydrogen-bond acceptors (Lipinski definition) is 3. The fraction of sp³-hybridized carbons (Fsp3) is 0.556. The Labute approximate surface area is 130 Å². The summed E-state index contributed by atoms with van der Waals surface area (Å²) in [5.41, 5.74) is 0.780. The minimum absolute atomic E-state index is 0.0202. The average molecular weight is 297 g/mol. The van der Waals surface area contributed by atoms with Gasteiger partial charge >= 0.3 is 0 Å². The van der Waals surface area contributed by atoms with Crippen LogP contribution in [0, 0.1) is 11.8 Å². The van der Waals surface area contributed by atoms with Gasteiger partial charge in [0.05, 0.1) is 17.4 Å². The van der Waals surface area contributed by atoms with Crippen LogP contribution in [0.2, 0.25) is 0 Å². The number of aromatic amines is 1. The summed E-state index contributed by atoms with van der Waals surface area (Å²) in [6.07, 6.45) is 6.91. The molecule has 1 aliphatic carbocycles. The van der Waals surface area contributed by atoms with Crippen molar-refractivity contribution in [2.75, 3.05) is 13.1 Å². The maximum absolute atomic E-state index is 12.2. The molecule has 2 aromatic rings. The third-order valence-corrected chi connectivity index (χ3v) is 5.41. The number of piperidine rings is 1. The smallest absolute Gasteiger partial charge is 0.258 e. The molecule has 4 heteroatoms. The fourth-order valence-electron chi connectivity index (χ4n) is 4.24. The highest BCUT2D eigenvalue weighted by Gasteiger charge is 2.31. The number of nitrogens with one attached hydrogen (secondary N) is 1. The van der Waals surface area contributed by atoms with Gasteiger partial charge in [0, 0.05) is 6.54 Å². The molecule has 22 heavy (non-hydrogen) atoms. The van der Waals surface area contributed by atoms with Crippen LogP contribution in [0.3, 0.4) is 0 Å². The van der Waals surface area contributed by atoms with Crippen molar-refractivity contribution in [2.24, 2.45) is 11.8 Å². The predicted octanol–water partition coefficient (Wildman–Crippen LogP) is 2.94. The molecule has 116 valence electrons. The molecule has 0 amide bonds. The van der Waals surface area contributed by atoms with Gasteiger partial charge in [-0.1, -0.05) is 31.4 Å². The summed E-state index contributed by atoms with van der Waals surface area (Å²) in [6, 6.07) is 7.57. The number of fused-ring (bicyclic) bond motifs is 2. The lowest BCUT2D eigenvalue weighted by Gasteiger charge is -2.41. The maximum atomic E-state index is 12.2. The van der Waals surface area contributed by atoms with Gasteiger partial charge in [-0.25, -0.2) is 4.98 Å².